The van der Waals surface area contributed by atoms with Crippen molar-refractivity contribution < 1.29 is 9.22 Å². The van der Waals surface area contributed by atoms with Crippen LogP contribution in [0.1, 0.15) is 33.3 Å². The van der Waals surface area contributed by atoms with Crippen molar-refractivity contribution in [2.75, 3.05) is 11.9 Å². The lowest BCUT2D eigenvalue weighted by Crippen LogP contribution is -2.46. The fraction of sp³-hybridized carbons (Fsp3) is 0.562. The van der Waals surface area contributed by atoms with Crippen molar-refractivity contribution in [3.8, 4) is 0 Å². The number of carbonyl (C=O) groups excluding carboxylic acids is 1. The minimum absolute atomic E-state index is 0.0393. The van der Waals surface area contributed by atoms with Gasteiger partial charge in [0.15, 0.2) is 8.32 Å². The van der Waals surface area contributed by atoms with Crippen LogP contribution < -0.4 is 5.32 Å². The van der Waals surface area contributed by atoms with E-state index in [0.29, 0.717) is 6.61 Å². The summed E-state index contributed by atoms with van der Waals surface area (Å²) in [6.07, 6.45) is 0. The van der Waals surface area contributed by atoms with Crippen LogP contribution in [0.4, 0.5) is 5.69 Å². The molecule has 110 valence electrons. The highest BCUT2D eigenvalue weighted by Crippen LogP contribution is 2.41. The molecular weight excluding hydrogens is 266 g/mol. The lowest BCUT2D eigenvalue weighted by molar-refractivity contribution is -0.121. The minimum Gasteiger partial charge on any atom is -0.415 e. The number of fused-ring (bicyclic) bond motifs is 1. The van der Waals surface area contributed by atoms with Crippen LogP contribution in [0, 0.1) is 0 Å². The molecule has 0 aromatic heterocycles. The van der Waals surface area contributed by atoms with Gasteiger partial charge in [0.05, 0.1) is 12.0 Å². The molecule has 1 aliphatic heterocycles. The molecule has 1 atom stereocenters. The van der Waals surface area contributed by atoms with Crippen molar-refractivity contribution >= 4 is 19.9 Å². The van der Waals surface area contributed by atoms with Gasteiger partial charge in [-0.15, -0.1) is 0 Å². The van der Waals surface area contributed by atoms with Crippen molar-refractivity contribution in [1.29, 1.82) is 0 Å². The average molecular weight is 291 g/mol. The third-order valence-electron chi connectivity index (χ3n) is 4.80. The Morgan fingerprint density at radius 3 is 2.45 bits per heavy atom. The van der Waals surface area contributed by atoms with E-state index in [1.165, 1.54) is 0 Å². The maximum atomic E-state index is 12.3. The zero-order chi connectivity index (χ0) is 15.2. The molecule has 0 bridgehead atoms. The Morgan fingerprint density at radius 1 is 1.25 bits per heavy atom. The second-order valence-electron chi connectivity index (χ2n) is 7.38. The fourth-order valence-electron chi connectivity index (χ4n) is 2.14. The van der Waals surface area contributed by atoms with Crippen molar-refractivity contribution in [3.05, 3.63) is 29.8 Å². The molecule has 0 saturated heterocycles. The van der Waals surface area contributed by atoms with Crippen LogP contribution in [-0.4, -0.2) is 20.8 Å². The second-order valence-corrected chi connectivity index (χ2v) is 12.2. The molecule has 1 N–H and O–H groups in total. The first kappa shape index (κ1) is 15.3. The number of benzene rings is 1. The van der Waals surface area contributed by atoms with Gasteiger partial charge in [0, 0.05) is 5.69 Å². The molecule has 2 rings (SSSR count). The van der Waals surface area contributed by atoms with E-state index in [1.807, 2.05) is 31.2 Å². The van der Waals surface area contributed by atoms with E-state index >= 15 is 0 Å². The Balaban J connectivity index is 2.23. The third kappa shape index (κ3) is 2.42. The van der Waals surface area contributed by atoms with E-state index in [2.05, 4.69) is 39.2 Å². The first-order valence-electron chi connectivity index (χ1n) is 7.13. The number of hydrogen-bond donors (Lipinski definition) is 1. The van der Waals surface area contributed by atoms with Crippen molar-refractivity contribution in [2.24, 2.45) is 0 Å². The van der Waals surface area contributed by atoms with Gasteiger partial charge in [-0.05, 0) is 36.7 Å². The smallest absolute Gasteiger partial charge is 0.237 e. The van der Waals surface area contributed by atoms with Gasteiger partial charge in [-0.3, -0.25) is 4.79 Å². The highest BCUT2D eigenvalue weighted by atomic mass is 28.4. The van der Waals surface area contributed by atoms with Crippen LogP contribution in [0.5, 0.6) is 0 Å². The van der Waals surface area contributed by atoms with E-state index in [1.54, 1.807) is 0 Å². The van der Waals surface area contributed by atoms with Gasteiger partial charge in [0.2, 0.25) is 5.91 Å². The molecule has 1 aliphatic rings. The number of nitrogens with one attached hydrogen (secondary N) is 1. The number of anilines is 1. The number of para-hydroxylation sites is 1. The molecule has 1 aromatic rings. The van der Waals surface area contributed by atoms with Crippen LogP contribution in [0.25, 0.3) is 0 Å². The van der Waals surface area contributed by atoms with Crippen LogP contribution in [-0.2, 0) is 14.6 Å². The Bertz CT molecular complexity index is 534. The maximum Gasteiger partial charge on any atom is 0.237 e. The molecule has 1 amide bonds. The molecule has 20 heavy (non-hydrogen) atoms. The Hall–Kier alpha value is -1.13. The van der Waals surface area contributed by atoms with Gasteiger partial charge in [0.1, 0.15) is 0 Å². The molecule has 1 aromatic carbocycles. The van der Waals surface area contributed by atoms with Crippen LogP contribution in [0.3, 0.4) is 0 Å². The predicted octanol–water partition coefficient (Wildman–Crippen LogP) is 3.92. The molecule has 3 nitrogen and oxygen atoms in total. The topological polar surface area (TPSA) is 38.3 Å². The number of hydrogen-bond acceptors (Lipinski definition) is 2. The highest BCUT2D eigenvalue weighted by Gasteiger charge is 2.46. The summed E-state index contributed by atoms with van der Waals surface area (Å²) in [5.41, 5.74) is 1.38. The molecule has 0 spiro atoms. The van der Waals surface area contributed by atoms with Crippen molar-refractivity contribution in [2.45, 2.75) is 51.2 Å². The zero-order valence-electron chi connectivity index (χ0n) is 13.3. The summed E-state index contributed by atoms with van der Waals surface area (Å²) in [4.78, 5) is 12.3. The van der Waals surface area contributed by atoms with Gasteiger partial charge in [-0.25, -0.2) is 0 Å². The normalized spacial score (nSPS) is 22.6. The summed E-state index contributed by atoms with van der Waals surface area (Å²) in [5.74, 6) is 0.0393. The summed E-state index contributed by atoms with van der Waals surface area (Å²) >= 11 is 0. The molecule has 0 radical (unpaired) electrons. The Morgan fingerprint density at radius 2 is 1.85 bits per heavy atom. The molecule has 0 fully saturated rings. The van der Waals surface area contributed by atoms with Gasteiger partial charge in [-0.1, -0.05) is 39.0 Å². The first-order chi connectivity index (χ1) is 9.08. The van der Waals surface area contributed by atoms with E-state index in [4.69, 9.17) is 4.43 Å². The summed E-state index contributed by atoms with van der Waals surface area (Å²) in [6.45, 7) is 13.5. The number of amides is 1. The van der Waals surface area contributed by atoms with E-state index in [-0.39, 0.29) is 10.9 Å². The largest absolute Gasteiger partial charge is 0.415 e. The van der Waals surface area contributed by atoms with E-state index in [9.17, 15) is 4.79 Å². The molecule has 1 heterocycles. The second kappa shape index (κ2) is 4.71. The highest BCUT2D eigenvalue weighted by molar-refractivity contribution is 6.74. The van der Waals surface area contributed by atoms with Gasteiger partial charge in [0.25, 0.3) is 0 Å². The summed E-state index contributed by atoms with van der Waals surface area (Å²) in [7, 11) is -1.85. The molecule has 0 saturated carbocycles. The van der Waals surface area contributed by atoms with Crippen LogP contribution >= 0.6 is 0 Å². The number of rotatable bonds is 3. The lowest BCUT2D eigenvalue weighted by Gasteiger charge is -2.38. The molecule has 4 heteroatoms. The zero-order valence-corrected chi connectivity index (χ0v) is 14.3. The van der Waals surface area contributed by atoms with Crippen LogP contribution in [0.15, 0.2) is 24.3 Å². The van der Waals surface area contributed by atoms with E-state index in [0.717, 1.165) is 11.3 Å². The standard InChI is InChI=1S/C16H25NO2Si/c1-15(2,3)20(5,6)19-11-16(4)12-9-7-8-10-13(12)17-14(16)18/h7-10H,11H2,1-6H3,(H,17,18)/t16-/m1/s1. The van der Waals surface area contributed by atoms with Gasteiger partial charge >= 0.3 is 0 Å². The first-order valence-corrected chi connectivity index (χ1v) is 10.0. The lowest BCUT2D eigenvalue weighted by atomic mass is 9.85. The fourth-order valence-corrected chi connectivity index (χ4v) is 3.22. The average Bonchev–Trinajstić information content (AvgIpc) is 2.59. The van der Waals surface area contributed by atoms with Crippen LogP contribution in [0.2, 0.25) is 18.1 Å². The maximum absolute atomic E-state index is 12.3. The summed E-state index contributed by atoms with van der Waals surface area (Å²) in [6, 6.07) is 7.89. The molecule has 0 unspecified atom stereocenters. The monoisotopic (exact) mass is 291 g/mol. The summed E-state index contributed by atoms with van der Waals surface area (Å²) < 4.78 is 6.29. The quantitative estimate of drug-likeness (QED) is 0.857. The van der Waals surface area contributed by atoms with Gasteiger partial charge in [-0.2, -0.15) is 0 Å². The third-order valence-corrected chi connectivity index (χ3v) is 9.28. The predicted molar refractivity (Wildman–Crippen MR) is 85.6 cm³/mol. The molecule has 0 aliphatic carbocycles. The summed E-state index contributed by atoms with van der Waals surface area (Å²) in [5, 5.41) is 3.11. The minimum atomic E-state index is -1.85. The molecular formula is C16H25NO2Si. The van der Waals surface area contributed by atoms with E-state index < -0.39 is 13.7 Å². The Kier molecular flexibility index (Phi) is 3.59. The Labute approximate surface area is 122 Å². The van der Waals surface area contributed by atoms with Crippen molar-refractivity contribution in [3.63, 3.8) is 0 Å². The van der Waals surface area contributed by atoms with Crippen molar-refractivity contribution in [1.82, 2.24) is 0 Å². The SMILES string of the molecule is CC(C)(C)[Si](C)(C)OC[C@@]1(C)C(=O)Nc2ccccc21. The van der Waals surface area contributed by atoms with Gasteiger partial charge < -0.3 is 9.74 Å². The number of carbonyl (C=O) groups is 1.